The van der Waals surface area contributed by atoms with Crippen LogP contribution in [-0.4, -0.2) is 100 Å². The summed E-state index contributed by atoms with van der Waals surface area (Å²) in [5.74, 6) is -3.37. The van der Waals surface area contributed by atoms with Crippen molar-refractivity contribution in [1.82, 2.24) is 36.6 Å². The van der Waals surface area contributed by atoms with Crippen LogP contribution in [0.15, 0.2) is 71.4 Å². The molecule has 0 radical (unpaired) electrons. The molecule has 1 aromatic heterocycles. The maximum atomic E-state index is 14.0. The fraction of sp³-hybridized carbons (Fsp3) is 0.447. The summed E-state index contributed by atoms with van der Waals surface area (Å²) in [6.45, 7) is 3.57. The molecule has 6 atom stereocenters. The molecule has 282 valence electrons. The number of hydrogen-bond donors (Lipinski definition) is 6. The summed E-state index contributed by atoms with van der Waals surface area (Å²) < 4.78 is 5.36. The van der Waals surface area contributed by atoms with Crippen molar-refractivity contribution in [2.75, 3.05) is 13.1 Å². The topological polar surface area (TPSA) is 212 Å². The fourth-order valence-corrected chi connectivity index (χ4v) is 6.61. The first-order valence-electron chi connectivity index (χ1n) is 18.1. The highest BCUT2D eigenvalue weighted by atomic mass is 16.5. The highest BCUT2D eigenvalue weighted by Gasteiger charge is 2.39. The molecule has 0 saturated carbocycles. The van der Waals surface area contributed by atoms with Gasteiger partial charge >= 0.3 is 0 Å². The van der Waals surface area contributed by atoms with Gasteiger partial charge in [0.25, 0.3) is 5.91 Å². The van der Waals surface area contributed by atoms with Crippen LogP contribution in [0, 0.1) is 0 Å². The maximum Gasteiger partial charge on any atom is 0.257 e. The Hall–Kier alpha value is -5.57. The van der Waals surface area contributed by atoms with Crippen LogP contribution in [0.1, 0.15) is 68.3 Å². The number of amides is 6. The highest BCUT2D eigenvalue weighted by molar-refractivity contribution is 6.02. The fourth-order valence-electron chi connectivity index (χ4n) is 6.61. The Bertz CT molecular complexity index is 1750. The van der Waals surface area contributed by atoms with Gasteiger partial charge in [-0.15, -0.1) is 0 Å². The van der Waals surface area contributed by atoms with Gasteiger partial charge in [-0.2, -0.15) is 0 Å². The number of fused-ring (bicyclic) bond motifs is 1. The first-order chi connectivity index (χ1) is 25.6. The van der Waals surface area contributed by atoms with E-state index in [0.29, 0.717) is 37.8 Å². The third-order valence-corrected chi connectivity index (χ3v) is 9.53. The smallest absolute Gasteiger partial charge is 0.257 e. The zero-order valence-corrected chi connectivity index (χ0v) is 29.9. The zero-order chi connectivity index (χ0) is 37.9. The third-order valence-electron chi connectivity index (χ3n) is 9.53. The van der Waals surface area contributed by atoms with Crippen LogP contribution in [0.3, 0.4) is 0 Å². The Morgan fingerprint density at radius 1 is 0.887 bits per heavy atom. The zero-order valence-electron chi connectivity index (χ0n) is 29.9. The van der Waals surface area contributed by atoms with Crippen LogP contribution >= 0.6 is 0 Å². The van der Waals surface area contributed by atoms with E-state index in [0.717, 1.165) is 5.56 Å². The van der Waals surface area contributed by atoms with Crippen molar-refractivity contribution in [3.8, 4) is 11.3 Å². The second-order valence-electron chi connectivity index (χ2n) is 13.4. The number of nitrogens with zero attached hydrogens (tertiary/aromatic N) is 2. The predicted molar refractivity (Wildman–Crippen MR) is 193 cm³/mol. The molecule has 5 rings (SSSR count). The molecule has 3 aromatic rings. The summed E-state index contributed by atoms with van der Waals surface area (Å²) >= 11 is 0. The van der Waals surface area contributed by atoms with Crippen molar-refractivity contribution in [1.29, 1.82) is 0 Å². The van der Waals surface area contributed by atoms with Crippen LogP contribution in [0.25, 0.3) is 11.3 Å². The molecule has 15 heteroatoms. The van der Waals surface area contributed by atoms with Crippen molar-refractivity contribution in [2.45, 2.75) is 95.1 Å². The summed E-state index contributed by atoms with van der Waals surface area (Å²) in [6, 6.07) is 12.4. The molecule has 0 unspecified atom stereocenters. The first kappa shape index (κ1) is 38.7. The van der Waals surface area contributed by atoms with Crippen LogP contribution in [0.2, 0.25) is 0 Å². The van der Waals surface area contributed by atoms with Crippen LogP contribution in [-0.2, 0) is 30.4 Å². The van der Waals surface area contributed by atoms with E-state index >= 15 is 0 Å². The number of rotatable bonds is 7. The second kappa shape index (κ2) is 18.3. The van der Waals surface area contributed by atoms with E-state index in [1.807, 2.05) is 36.4 Å². The van der Waals surface area contributed by atoms with E-state index < -0.39 is 65.8 Å². The molecule has 6 amide bonds. The third kappa shape index (κ3) is 9.86. The lowest BCUT2D eigenvalue weighted by Crippen LogP contribution is -2.61. The molecule has 2 aliphatic heterocycles. The number of aromatic nitrogens is 1. The molecule has 0 aliphatic carbocycles. The summed E-state index contributed by atoms with van der Waals surface area (Å²) in [7, 11) is 0. The van der Waals surface area contributed by atoms with E-state index in [1.54, 1.807) is 31.2 Å². The van der Waals surface area contributed by atoms with Gasteiger partial charge in [0.1, 0.15) is 35.8 Å². The minimum absolute atomic E-state index is 0.110. The van der Waals surface area contributed by atoms with Crippen molar-refractivity contribution < 1.29 is 38.4 Å². The molecule has 0 spiro atoms. The number of aliphatic hydroxyl groups is 1. The molecule has 2 aliphatic rings. The summed E-state index contributed by atoms with van der Waals surface area (Å²) in [4.78, 5) is 83.5. The van der Waals surface area contributed by atoms with Crippen molar-refractivity contribution >= 4 is 35.4 Å². The van der Waals surface area contributed by atoms with Gasteiger partial charge in [-0.1, -0.05) is 72.7 Å². The van der Waals surface area contributed by atoms with Gasteiger partial charge in [0.2, 0.25) is 29.5 Å². The number of hydrogen-bond acceptors (Lipinski definition) is 9. The Morgan fingerprint density at radius 3 is 2.28 bits per heavy atom. The van der Waals surface area contributed by atoms with Gasteiger partial charge in [-0.05, 0) is 51.0 Å². The Kier molecular flexibility index (Phi) is 13.3. The molecule has 53 heavy (non-hydrogen) atoms. The second-order valence-corrected chi connectivity index (χ2v) is 13.4. The normalized spacial score (nSPS) is 24.3. The minimum atomic E-state index is -1.49. The number of carbonyl (C=O) groups excluding carboxylic acids is 6. The van der Waals surface area contributed by atoms with Crippen LogP contribution < -0.4 is 26.6 Å². The van der Waals surface area contributed by atoms with Crippen molar-refractivity contribution in [3.63, 3.8) is 0 Å². The minimum Gasteiger partial charge on any atom is -0.391 e. The SMILES string of the molecule is CC[C@@H]1NC(=O)[C@@H](NC(=O)c2cnoc2-c2ccccc2)CCCCNC(=O)[C@@H]2CCCN2C(=O)[C@@H](Cc2ccccc2)NC(=O)[C@H]([C@@H](C)O)NC1=O. The van der Waals surface area contributed by atoms with E-state index in [-0.39, 0.29) is 43.0 Å². The number of nitrogens with one attached hydrogen (secondary N) is 5. The van der Waals surface area contributed by atoms with Gasteiger partial charge in [0.15, 0.2) is 5.76 Å². The van der Waals surface area contributed by atoms with Crippen LogP contribution in [0.5, 0.6) is 0 Å². The van der Waals surface area contributed by atoms with Crippen LogP contribution in [0.4, 0.5) is 0 Å². The van der Waals surface area contributed by atoms with E-state index in [4.69, 9.17) is 4.52 Å². The molecule has 2 fully saturated rings. The lowest BCUT2D eigenvalue weighted by Gasteiger charge is -2.30. The monoisotopic (exact) mass is 729 g/mol. The van der Waals surface area contributed by atoms with Crippen molar-refractivity contribution in [3.05, 3.63) is 78.0 Å². The molecule has 15 nitrogen and oxygen atoms in total. The summed E-state index contributed by atoms with van der Waals surface area (Å²) in [5, 5.41) is 28.1. The standard InChI is InChI=1S/C38H47N7O8/c1-3-27-34(48)44-31(23(2)46)37(51)43-29(21-24-13-6-4-7-14-24)38(52)45-20-12-18-30(45)36(50)39-19-11-10-17-28(35(49)41-27)42-33(47)26-22-40-53-32(26)25-15-8-5-9-16-25/h4-9,13-16,22-23,27-31,46H,3,10-12,17-21H2,1-2H3,(H,39,50)(H,41,49)(H,42,47)(H,43,51)(H,44,48)/t23-,27+,28+,29-,30+,31+/m1/s1. The van der Waals surface area contributed by atoms with Gasteiger partial charge in [0.05, 0.1) is 12.3 Å². The first-order valence-corrected chi connectivity index (χ1v) is 18.1. The van der Waals surface area contributed by atoms with Gasteiger partial charge in [-0.25, -0.2) is 0 Å². The predicted octanol–water partition coefficient (Wildman–Crippen LogP) is 1.22. The molecular weight excluding hydrogens is 682 g/mol. The number of benzene rings is 2. The molecular formula is C38H47N7O8. The highest BCUT2D eigenvalue weighted by Crippen LogP contribution is 2.24. The van der Waals surface area contributed by atoms with Crippen molar-refractivity contribution in [2.24, 2.45) is 0 Å². The Balaban J connectivity index is 1.40. The number of carbonyl (C=O) groups is 6. The average Bonchev–Trinajstić information content (AvgIpc) is 3.86. The van der Waals surface area contributed by atoms with Gasteiger partial charge in [0, 0.05) is 25.1 Å². The summed E-state index contributed by atoms with van der Waals surface area (Å²) in [5.41, 5.74) is 1.49. The van der Waals surface area contributed by atoms with E-state index in [1.165, 1.54) is 18.0 Å². The lowest BCUT2D eigenvalue weighted by molar-refractivity contribution is -0.142. The van der Waals surface area contributed by atoms with Gasteiger partial charge < -0.3 is 41.1 Å². The Labute approximate surface area is 307 Å². The Morgan fingerprint density at radius 2 is 1.58 bits per heavy atom. The lowest BCUT2D eigenvalue weighted by atomic mass is 10.0. The van der Waals surface area contributed by atoms with Gasteiger partial charge in [-0.3, -0.25) is 28.8 Å². The van der Waals surface area contributed by atoms with E-state index in [9.17, 15) is 33.9 Å². The quantitative estimate of drug-likeness (QED) is 0.206. The number of aliphatic hydroxyl groups excluding tert-OH is 1. The largest absolute Gasteiger partial charge is 0.391 e. The maximum absolute atomic E-state index is 14.0. The van der Waals surface area contributed by atoms with E-state index in [2.05, 4.69) is 31.7 Å². The molecule has 6 N–H and O–H groups in total. The molecule has 0 bridgehead atoms. The molecule has 2 saturated heterocycles. The average molecular weight is 730 g/mol. The molecule has 3 heterocycles. The molecule has 2 aromatic carbocycles. The summed E-state index contributed by atoms with van der Waals surface area (Å²) in [6.07, 6.45) is 2.17.